The highest BCUT2D eigenvalue weighted by atomic mass is 35.5. The average Bonchev–Trinajstić information content (AvgIpc) is 2.72. The number of nitrogens with zero attached hydrogens (tertiary/aromatic N) is 2. The van der Waals surface area contributed by atoms with Crippen LogP contribution in [0.4, 0.5) is 0 Å². The Morgan fingerprint density at radius 2 is 2.00 bits per heavy atom. The van der Waals surface area contributed by atoms with Gasteiger partial charge in [-0.25, -0.2) is 0 Å². The standard InChI is InChI=1S/C16H21ClN2O2/c1-4-14-16(17)15(19(3)18-14)10-21-13-7-5-12(6-8-13)9-11(2)20/h5-8,11,20H,4,9-10H2,1-3H3. The number of hydrogen-bond acceptors (Lipinski definition) is 3. The molecule has 114 valence electrons. The van der Waals surface area contributed by atoms with E-state index in [0.29, 0.717) is 18.1 Å². The Bertz CT molecular complexity index is 591. The zero-order chi connectivity index (χ0) is 15.4. The first-order valence-electron chi connectivity index (χ1n) is 7.11. The minimum absolute atomic E-state index is 0.336. The lowest BCUT2D eigenvalue weighted by molar-refractivity contribution is 0.195. The highest BCUT2D eigenvalue weighted by Gasteiger charge is 2.13. The summed E-state index contributed by atoms with van der Waals surface area (Å²) in [6, 6.07) is 7.74. The van der Waals surface area contributed by atoms with Crippen LogP contribution in [0.25, 0.3) is 0 Å². The second-order valence-corrected chi connectivity index (χ2v) is 5.55. The monoisotopic (exact) mass is 308 g/mol. The molecule has 0 aliphatic carbocycles. The van der Waals surface area contributed by atoms with Crippen molar-refractivity contribution in [3.8, 4) is 5.75 Å². The molecule has 2 aromatic rings. The third kappa shape index (κ3) is 3.99. The van der Waals surface area contributed by atoms with E-state index < -0.39 is 0 Å². The van der Waals surface area contributed by atoms with E-state index in [4.69, 9.17) is 16.3 Å². The van der Waals surface area contributed by atoms with Crippen LogP contribution in [-0.2, 0) is 26.5 Å². The van der Waals surface area contributed by atoms with E-state index in [1.807, 2.05) is 38.2 Å². The molecule has 1 atom stereocenters. The Morgan fingerprint density at radius 1 is 1.33 bits per heavy atom. The molecule has 4 nitrogen and oxygen atoms in total. The summed E-state index contributed by atoms with van der Waals surface area (Å²) in [6.45, 7) is 4.19. The molecule has 0 amide bonds. The zero-order valence-electron chi connectivity index (χ0n) is 12.6. The molecule has 21 heavy (non-hydrogen) atoms. The Hall–Kier alpha value is -1.52. The van der Waals surface area contributed by atoms with Crippen molar-refractivity contribution < 1.29 is 9.84 Å². The lowest BCUT2D eigenvalue weighted by Gasteiger charge is -2.09. The summed E-state index contributed by atoms with van der Waals surface area (Å²) in [5.74, 6) is 0.777. The molecule has 1 aromatic carbocycles. The van der Waals surface area contributed by atoms with Crippen LogP contribution in [0, 0.1) is 0 Å². The van der Waals surface area contributed by atoms with Gasteiger partial charge < -0.3 is 9.84 Å². The van der Waals surface area contributed by atoms with E-state index in [0.717, 1.165) is 29.1 Å². The Morgan fingerprint density at radius 3 is 2.52 bits per heavy atom. The second-order valence-electron chi connectivity index (χ2n) is 5.17. The molecule has 1 heterocycles. The maximum absolute atomic E-state index is 9.36. The summed E-state index contributed by atoms with van der Waals surface area (Å²) < 4.78 is 7.53. The zero-order valence-corrected chi connectivity index (χ0v) is 13.4. The van der Waals surface area contributed by atoms with Crippen molar-refractivity contribution >= 4 is 11.6 Å². The van der Waals surface area contributed by atoms with Gasteiger partial charge in [-0.05, 0) is 37.5 Å². The molecule has 1 N–H and O–H groups in total. The van der Waals surface area contributed by atoms with Crippen LogP contribution in [0.3, 0.4) is 0 Å². The van der Waals surface area contributed by atoms with Crippen LogP contribution in [0.1, 0.15) is 30.8 Å². The van der Waals surface area contributed by atoms with Crippen LogP contribution >= 0.6 is 11.6 Å². The summed E-state index contributed by atoms with van der Waals surface area (Å²) in [5, 5.41) is 14.4. The van der Waals surface area contributed by atoms with Crippen molar-refractivity contribution in [3.63, 3.8) is 0 Å². The van der Waals surface area contributed by atoms with E-state index in [-0.39, 0.29) is 6.10 Å². The number of aliphatic hydroxyl groups excluding tert-OH is 1. The number of halogens is 1. The van der Waals surface area contributed by atoms with E-state index in [1.54, 1.807) is 11.6 Å². The first-order valence-corrected chi connectivity index (χ1v) is 7.49. The molecule has 0 fully saturated rings. The molecule has 0 aliphatic rings. The van der Waals surface area contributed by atoms with Gasteiger partial charge in [-0.1, -0.05) is 30.7 Å². The van der Waals surface area contributed by atoms with E-state index >= 15 is 0 Å². The molecule has 0 aliphatic heterocycles. The number of rotatable bonds is 6. The highest BCUT2D eigenvalue weighted by molar-refractivity contribution is 6.31. The number of aryl methyl sites for hydroxylation is 2. The molecule has 1 aromatic heterocycles. The van der Waals surface area contributed by atoms with Gasteiger partial charge in [0.25, 0.3) is 0 Å². The predicted octanol–water partition coefficient (Wildman–Crippen LogP) is 3.14. The normalized spacial score (nSPS) is 12.4. The molecule has 0 bridgehead atoms. The average molecular weight is 309 g/mol. The van der Waals surface area contributed by atoms with Gasteiger partial charge in [0.05, 0.1) is 22.5 Å². The van der Waals surface area contributed by atoms with Crippen LogP contribution < -0.4 is 4.74 Å². The SMILES string of the molecule is CCc1nn(C)c(COc2ccc(CC(C)O)cc2)c1Cl. The molecule has 2 rings (SSSR count). The van der Waals surface area contributed by atoms with Crippen molar-refractivity contribution in [2.45, 2.75) is 39.4 Å². The van der Waals surface area contributed by atoms with Crippen molar-refractivity contribution in [2.75, 3.05) is 0 Å². The summed E-state index contributed by atoms with van der Waals surface area (Å²) in [4.78, 5) is 0. The smallest absolute Gasteiger partial charge is 0.131 e. The fourth-order valence-corrected chi connectivity index (χ4v) is 2.54. The minimum atomic E-state index is -0.336. The third-order valence-corrected chi connectivity index (χ3v) is 3.77. The van der Waals surface area contributed by atoms with Crippen molar-refractivity contribution in [2.24, 2.45) is 7.05 Å². The molecule has 0 saturated carbocycles. The molecule has 5 heteroatoms. The van der Waals surface area contributed by atoms with Gasteiger partial charge in [-0.3, -0.25) is 4.68 Å². The van der Waals surface area contributed by atoms with Crippen LogP contribution in [-0.4, -0.2) is 21.0 Å². The van der Waals surface area contributed by atoms with Gasteiger partial charge in [0.1, 0.15) is 12.4 Å². The summed E-state index contributed by atoms with van der Waals surface area (Å²) >= 11 is 6.29. The molecule has 0 saturated heterocycles. The lowest BCUT2D eigenvalue weighted by Crippen LogP contribution is -2.05. The van der Waals surface area contributed by atoms with E-state index in [9.17, 15) is 5.11 Å². The number of aromatic nitrogens is 2. The fraction of sp³-hybridized carbons (Fsp3) is 0.438. The molecule has 0 radical (unpaired) electrons. The third-order valence-electron chi connectivity index (χ3n) is 3.33. The number of hydrogen-bond donors (Lipinski definition) is 1. The van der Waals surface area contributed by atoms with Crippen molar-refractivity contribution in [3.05, 3.63) is 46.2 Å². The van der Waals surface area contributed by atoms with E-state index in [2.05, 4.69) is 5.10 Å². The Balaban J connectivity index is 2.01. The first kappa shape index (κ1) is 15.9. The van der Waals surface area contributed by atoms with Gasteiger partial charge in [-0.15, -0.1) is 0 Å². The Labute approximate surface area is 130 Å². The lowest BCUT2D eigenvalue weighted by atomic mass is 10.1. The van der Waals surface area contributed by atoms with Crippen molar-refractivity contribution in [1.29, 1.82) is 0 Å². The molecular formula is C16H21ClN2O2. The summed E-state index contributed by atoms with van der Waals surface area (Å²) in [7, 11) is 1.87. The van der Waals surface area contributed by atoms with Gasteiger partial charge in [0.15, 0.2) is 0 Å². The number of ether oxygens (including phenoxy) is 1. The maximum Gasteiger partial charge on any atom is 0.131 e. The number of aliphatic hydroxyl groups is 1. The predicted molar refractivity (Wildman–Crippen MR) is 83.8 cm³/mol. The summed E-state index contributed by atoms with van der Waals surface area (Å²) in [5.41, 5.74) is 2.86. The van der Waals surface area contributed by atoms with Gasteiger partial charge in [0.2, 0.25) is 0 Å². The topological polar surface area (TPSA) is 47.3 Å². The van der Waals surface area contributed by atoms with Crippen molar-refractivity contribution in [1.82, 2.24) is 9.78 Å². The van der Waals surface area contributed by atoms with Gasteiger partial charge in [0, 0.05) is 7.05 Å². The van der Waals surface area contributed by atoms with E-state index in [1.165, 1.54) is 0 Å². The minimum Gasteiger partial charge on any atom is -0.487 e. The maximum atomic E-state index is 9.36. The first-order chi connectivity index (χ1) is 10.0. The van der Waals surface area contributed by atoms with Gasteiger partial charge >= 0.3 is 0 Å². The highest BCUT2D eigenvalue weighted by Crippen LogP contribution is 2.23. The number of benzene rings is 1. The molecule has 1 unspecified atom stereocenters. The fourth-order valence-electron chi connectivity index (χ4n) is 2.19. The van der Waals surface area contributed by atoms with Crippen LogP contribution in [0.15, 0.2) is 24.3 Å². The van der Waals surface area contributed by atoms with Crippen LogP contribution in [0.5, 0.6) is 5.75 Å². The quantitative estimate of drug-likeness (QED) is 0.892. The van der Waals surface area contributed by atoms with Crippen LogP contribution in [0.2, 0.25) is 5.02 Å². The largest absolute Gasteiger partial charge is 0.487 e. The second kappa shape index (κ2) is 6.96. The summed E-state index contributed by atoms with van der Waals surface area (Å²) in [6.07, 6.45) is 1.12. The molecule has 0 spiro atoms. The van der Waals surface area contributed by atoms with Gasteiger partial charge in [-0.2, -0.15) is 5.10 Å². The molecular weight excluding hydrogens is 288 g/mol. The Kier molecular flexibility index (Phi) is 5.26.